The van der Waals surface area contributed by atoms with Gasteiger partial charge in [-0.3, -0.25) is 0 Å². The highest BCUT2D eigenvalue weighted by Crippen LogP contribution is 2.25. The van der Waals surface area contributed by atoms with Gasteiger partial charge in [0.1, 0.15) is 11.3 Å². The highest BCUT2D eigenvalue weighted by Gasteiger charge is 2.11. The smallest absolute Gasteiger partial charge is 0.134 e. The van der Waals surface area contributed by atoms with Crippen molar-refractivity contribution in [3.8, 4) is 0 Å². The van der Waals surface area contributed by atoms with Crippen LogP contribution in [0.2, 0.25) is 0 Å². The minimum Gasteiger partial charge on any atom is -0.461 e. The van der Waals surface area contributed by atoms with Gasteiger partial charge in [-0.2, -0.15) is 0 Å². The minimum atomic E-state index is 0.340. The average Bonchev–Trinajstić information content (AvgIpc) is 2.40. The number of benzene rings is 1. The van der Waals surface area contributed by atoms with E-state index in [9.17, 15) is 0 Å². The number of aryl methyl sites for hydroxylation is 1. The van der Waals surface area contributed by atoms with Crippen LogP contribution in [-0.2, 0) is 6.42 Å². The van der Waals surface area contributed by atoms with Crippen molar-refractivity contribution >= 4 is 11.0 Å². The van der Waals surface area contributed by atoms with Crippen LogP contribution in [0.25, 0.3) is 11.0 Å². The summed E-state index contributed by atoms with van der Waals surface area (Å²) in [6.45, 7) is 8.77. The topological polar surface area (TPSA) is 13.1 Å². The van der Waals surface area contributed by atoms with Crippen molar-refractivity contribution in [1.29, 1.82) is 0 Å². The van der Waals surface area contributed by atoms with Gasteiger partial charge in [-0.05, 0) is 42.5 Å². The monoisotopic (exact) mass is 202 g/mol. The lowest BCUT2D eigenvalue weighted by Gasteiger charge is -2.17. The Bertz CT molecular complexity index is 472. The molecule has 1 heterocycles. The van der Waals surface area contributed by atoms with E-state index in [1.165, 1.54) is 10.9 Å². The lowest BCUT2D eigenvalue weighted by atomic mass is 9.88. The molecule has 0 aliphatic carbocycles. The summed E-state index contributed by atoms with van der Waals surface area (Å²) >= 11 is 0. The molecule has 0 fully saturated rings. The first-order chi connectivity index (χ1) is 6.94. The lowest BCUT2D eigenvalue weighted by molar-refractivity contribution is 0.411. The molecule has 0 aliphatic heterocycles. The minimum absolute atomic E-state index is 0.340. The van der Waals surface area contributed by atoms with Gasteiger partial charge in [0.05, 0.1) is 0 Å². The molecule has 1 nitrogen and oxygen atoms in total. The summed E-state index contributed by atoms with van der Waals surface area (Å²) in [6.07, 6.45) is 1.10. The maximum atomic E-state index is 5.55. The molecule has 80 valence electrons. The molecule has 15 heavy (non-hydrogen) atoms. The quantitative estimate of drug-likeness (QED) is 0.670. The first-order valence-corrected chi connectivity index (χ1v) is 5.43. The number of furan rings is 1. The first-order valence-electron chi connectivity index (χ1n) is 5.43. The third kappa shape index (κ3) is 2.41. The van der Waals surface area contributed by atoms with E-state index in [2.05, 4.69) is 45.0 Å². The van der Waals surface area contributed by atoms with Crippen molar-refractivity contribution in [2.45, 2.75) is 34.1 Å². The van der Waals surface area contributed by atoms with Crippen molar-refractivity contribution in [1.82, 2.24) is 0 Å². The SMILES string of the molecule is Cc1cc2cc(CC(C)(C)C)ccc2o1. The highest BCUT2D eigenvalue weighted by molar-refractivity contribution is 5.78. The Labute approximate surface area is 91.1 Å². The van der Waals surface area contributed by atoms with Gasteiger partial charge < -0.3 is 4.42 Å². The van der Waals surface area contributed by atoms with Crippen LogP contribution in [-0.4, -0.2) is 0 Å². The molecule has 0 amide bonds. The molecule has 0 N–H and O–H groups in total. The average molecular weight is 202 g/mol. The highest BCUT2D eigenvalue weighted by atomic mass is 16.3. The fourth-order valence-corrected chi connectivity index (χ4v) is 1.95. The molecule has 0 spiro atoms. The molecule has 0 saturated heterocycles. The van der Waals surface area contributed by atoms with Gasteiger partial charge in [0.15, 0.2) is 0 Å². The van der Waals surface area contributed by atoms with Gasteiger partial charge in [-0.1, -0.05) is 26.8 Å². The van der Waals surface area contributed by atoms with Crippen LogP contribution in [0.4, 0.5) is 0 Å². The van der Waals surface area contributed by atoms with Gasteiger partial charge in [0, 0.05) is 5.39 Å². The van der Waals surface area contributed by atoms with E-state index in [0.29, 0.717) is 5.41 Å². The molecular formula is C14H18O. The fourth-order valence-electron chi connectivity index (χ4n) is 1.95. The van der Waals surface area contributed by atoms with Crippen LogP contribution in [0, 0.1) is 12.3 Å². The predicted octanol–water partition coefficient (Wildman–Crippen LogP) is 4.33. The normalized spacial score (nSPS) is 12.3. The van der Waals surface area contributed by atoms with Crippen molar-refractivity contribution in [3.05, 3.63) is 35.6 Å². The van der Waals surface area contributed by atoms with E-state index in [-0.39, 0.29) is 0 Å². The van der Waals surface area contributed by atoms with Crippen molar-refractivity contribution in [3.63, 3.8) is 0 Å². The molecule has 2 rings (SSSR count). The molecule has 0 radical (unpaired) electrons. The fraction of sp³-hybridized carbons (Fsp3) is 0.429. The third-order valence-electron chi connectivity index (χ3n) is 2.44. The molecule has 0 aliphatic rings. The number of hydrogen-bond donors (Lipinski definition) is 0. The Morgan fingerprint density at radius 2 is 1.87 bits per heavy atom. The van der Waals surface area contributed by atoms with Crippen molar-refractivity contribution < 1.29 is 4.42 Å². The Morgan fingerprint density at radius 3 is 2.53 bits per heavy atom. The number of rotatable bonds is 1. The predicted molar refractivity (Wildman–Crippen MR) is 64.1 cm³/mol. The number of fused-ring (bicyclic) bond motifs is 1. The molecular weight excluding hydrogens is 184 g/mol. The number of hydrogen-bond acceptors (Lipinski definition) is 1. The van der Waals surface area contributed by atoms with Crippen molar-refractivity contribution in [2.75, 3.05) is 0 Å². The molecule has 2 aromatic rings. The van der Waals surface area contributed by atoms with E-state index in [1.54, 1.807) is 0 Å². The third-order valence-corrected chi connectivity index (χ3v) is 2.44. The van der Waals surface area contributed by atoms with Gasteiger partial charge in [0.2, 0.25) is 0 Å². The summed E-state index contributed by atoms with van der Waals surface area (Å²) < 4.78 is 5.55. The van der Waals surface area contributed by atoms with Gasteiger partial charge in [-0.25, -0.2) is 0 Å². The molecule has 0 saturated carbocycles. The van der Waals surface area contributed by atoms with Crippen LogP contribution in [0.15, 0.2) is 28.7 Å². The zero-order valence-corrected chi connectivity index (χ0v) is 9.92. The Morgan fingerprint density at radius 1 is 1.13 bits per heavy atom. The largest absolute Gasteiger partial charge is 0.461 e. The maximum absolute atomic E-state index is 5.55. The second-order valence-corrected chi connectivity index (χ2v) is 5.47. The summed E-state index contributed by atoms with van der Waals surface area (Å²) in [4.78, 5) is 0. The summed E-state index contributed by atoms with van der Waals surface area (Å²) in [7, 11) is 0. The first kappa shape index (κ1) is 10.3. The maximum Gasteiger partial charge on any atom is 0.134 e. The Kier molecular flexibility index (Phi) is 2.34. The second-order valence-electron chi connectivity index (χ2n) is 5.47. The van der Waals surface area contributed by atoms with Gasteiger partial charge in [0.25, 0.3) is 0 Å². The molecule has 0 atom stereocenters. The summed E-state index contributed by atoms with van der Waals surface area (Å²) in [5.41, 5.74) is 2.72. The Balaban J connectivity index is 2.38. The standard InChI is InChI=1S/C14H18O/c1-10-7-12-8-11(9-14(2,3)4)5-6-13(12)15-10/h5-8H,9H2,1-4H3. The van der Waals surface area contributed by atoms with Crippen LogP contribution < -0.4 is 0 Å². The lowest BCUT2D eigenvalue weighted by Crippen LogP contribution is -2.08. The summed E-state index contributed by atoms with van der Waals surface area (Å²) in [5, 5.41) is 1.22. The molecule has 1 aromatic heterocycles. The summed E-state index contributed by atoms with van der Waals surface area (Å²) in [6, 6.07) is 8.57. The molecule has 1 heteroatoms. The molecule has 0 bridgehead atoms. The van der Waals surface area contributed by atoms with Crippen LogP contribution >= 0.6 is 0 Å². The van der Waals surface area contributed by atoms with Crippen LogP contribution in [0.1, 0.15) is 32.1 Å². The summed E-state index contributed by atoms with van der Waals surface area (Å²) in [5.74, 6) is 0.984. The zero-order chi connectivity index (χ0) is 11.1. The van der Waals surface area contributed by atoms with E-state index < -0.39 is 0 Å². The zero-order valence-electron chi connectivity index (χ0n) is 9.92. The van der Waals surface area contributed by atoms with E-state index in [0.717, 1.165) is 17.8 Å². The second kappa shape index (κ2) is 3.41. The van der Waals surface area contributed by atoms with Gasteiger partial charge in [-0.15, -0.1) is 0 Å². The van der Waals surface area contributed by atoms with Crippen LogP contribution in [0.5, 0.6) is 0 Å². The molecule has 0 unspecified atom stereocenters. The van der Waals surface area contributed by atoms with Crippen LogP contribution in [0.3, 0.4) is 0 Å². The van der Waals surface area contributed by atoms with E-state index >= 15 is 0 Å². The van der Waals surface area contributed by atoms with E-state index in [1.807, 2.05) is 6.92 Å². The Hall–Kier alpha value is -1.24. The molecule has 1 aromatic carbocycles. The van der Waals surface area contributed by atoms with Gasteiger partial charge >= 0.3 is 0 Å². The van der Waals surface area contributed by atoms with Crippen molar-refractivity contribution in [2.24, 2.45) is 5.41 Å². The van der Waals surface area contributed by atoms with E-state index in [4.69, 9.17) is 4.42 Å².